The first kappa shape index (κ1) is 31.0. The molecule has 3 aliphatic rings. The van der Waals surface area contributed by atoms with Crippen LogP contribution in [0.5, 0.6) is 0 Å². The molecule has 2 bridgehead atoms. The summed E-state index contributed by atoms with van der Waals surface area (Å²) in [5.74, 6) is -2.60. The number of rotatable bonds is 12. The molecule has 3 saturated heterocycles. The summed E-state index contributed by atoms with van der Waals surface area (Å²) in [6.07, 6.45) is 4.66. The van der Waals surface area contributed by atoms with Crippen molar-refractivity contribution >= 4 is 35.0 Å². The largest absolute Gasteiger partial charge is 0.394 e. The van der Waals surface area contributed by atoms with Gasteiger partial charge in [-0.05, 0) is 43.9 Å². The van der Waals surface area contributed by atoms with Gasteiger partial charge in [-0.25, -0.2) is 0 Å². The van der Waals surface area contributed by atoms with Crippen LogP contribution < -0.4 is 4.90 Å². The van der Waals surface area contributed by atoms with Gasteiger partial charge in [0.05, 0.1) is 40.8 Å². The van der Waals surface area contributed by atoms with E-state index in [1.54, 1.807) is 41.3 Å². The number of amides is 3. The predicted octanol–water partition coefficient (Wildman–Crippen LogP) is 4.61. The number of aliphatic hydroxyl groups is 1. The number of carbonyl (C=O) groups excluding carboxylic acids is 3. The fourth-order valence-corrected chi connectivity index (χ4v) is 7.71. The van der Waals surface area contributed by atoms with E-state index in [-0.39, 0.29) is 30.9 Å². The molecule has 8 nitrogen and oxygen atoms in total. The highest BCUT2D eigenvalue weighted by Crippen LogP contribution is 2.64. The van der Waals surface area contributed by atoms with Crippen molar-refractivity contribution in [2.24, 2.45) is 11.8 Å². The predicted molar refractivity (Wildman–Crippen MR) is 166 cm³/mol. The Kier molecular flexibility index (Phi) is 8.84. The summed E-state index contributed by atoms with van der Waals surface area (Å²) in [5, 5.41) is 10.8. The molecule has 228 valence electrons. The van der Waals surface area contributed by atoms with E-state index in [0.717, 1.165) is 5.56 Å². The Morgan fingerprint density at radius 3 is 2.40 bits per heavy atom. The van der Waals surface area contributed by atoms with Gasteiger partial charge in [-0.15, -0.1) is 13.2 Å². The minimum atomic E-state index is -1.24. The number of fused-ring (bicyclic) bond motifs is 1. The van der Waals surface area contributed by atoms with Crippen LogP contribution in [0, 0.1) is 11.8 Å². The molecule has 3 amide bonds. The maximum atomic E-state index is 14.7. The van der Waals surface area contributed by atoms with Crippen LogP contribution in [0.4, 0.5) is 5.69 Å². The average molecular weight is 606 g/mol. The van der Waals surface area contributed by atoms with Gasteiger partial charge in [0.1, 0.15) is 11.6 Å². The lowest BCUT2D eigenvalue weighted by atomic mass is 9.66. The third-order valence-corrected chi connectivity index (χ3v) is 9.71. The molecule has 2 aromatic rings. The summed E-state index contributed by atoms with van der Waals surface area (Å²) in [5.41, 5.74) is -0.726. The highest BCUT2D eigenvalue weighted by atomic mass is 35.5. The smallest absolute Gasteiger partial charge is 0.253 e. The van der Waals surface area contributed by atoms with Gasteiger partial charge in [0.15, 0.2) is 0 Å². The van der Waals surface area contributed by atoms with Crippen molar-refractivity contribution in [3.05, 3.63) is 90.5 Å². The topological polar surface area (TPSA) is 90.4 Å². The molecule has 3 fully saturated rings. The monoisotopic (exact) mass is 605 g/mol. The molecule has 43 heavy (non-hydrogen) atoms. The summed E-state index contributed by atoms with van der Waals surface area (Å²) in [6.45, 7) is 11.9. The van der Waals surface area contributed by atoms with Crippen LogP contribution in [0.2, 0.25) is 5.02 Å². The van der Waals surface area contributed by atoms with Crippen molar-refractivity contribution in [2.75, 3.05) is 24.6 Å². The lowest BCUT2D eigenvalue weighted by Crippen LogP contribution is -2.59. The SMILES string of the molecule is C=CCN(Cc1ccccc1)C(=O)[C@@H]1[C@H]2C(=O)N([C@@H](CC)CO)C(C(=O)N(CC=C)c3ccccc3Cl)C23CC[C@@]1(C)O3. The number of anilines is 1. The van der Waals surface area contributed by atoms with E-state index in [1.807, 2.05) is 44.2 Å². The van der Waals surface area contributed by atoms with Crippen LogP contribution in [0.1, 0.15) is 38.7 Å². The van der Waals surface area contributed by atoms with Crippen LogP contribution in [0.25, 0.3) is 0 Å². The van der Waals surface area contributed by atoms with Crippen molar-refractivity contribution < 1.29 is 24.2 Å². The van der Waals surface area contributed by atoms with Crippen molar-refractivity contribution in [1.82, 2.24) is 9.80 Å². The first-order chi connectivity index (χ1) is 20.7. The molecule has 0 radical (unpaired) electrons. The van der Waals surface area contributed by atoms with Gasteiger partial charge in [0, 0.05) is 19.6 Å². The Morgan fingerprint density at radius 2 is 1.77 bits per heavy atom. The lowest BCUT2D eigenvalue weighted by molar-refractivity contribution is -0.152. The summed E-state index contributed by atoms with van der Waals surface area (Å²) in [7, 11) is 0. The zero-order valence-corrected chi connectivity index (χ0v) is 25.6. The number of aliphatic hydroxyl groups excluding tert-OH is 1. The van der Waals surface area contributed by atoms with Gasteiger partial charge < -0.3 is 24.5 Å². The Balaban J connectivity index is 1.60. The number of likely N-dealkylation sites (tertiary alicyclic amines) is 1. The number of halogens is 1. The number of para-hydroxylation sites is 1. The molecule has 9 heteroatoms. The van der Waals surface area contributed by atoms with Gasteiger partial charge in [-0.2, -0.15) is 0 Å². The van der Waals surface area contributed by atoms with E-state index in [4.69, 9.17) is 16.3 Å². The van der Waals surface area contributed by atoms with Gasteiger partial charge in [0.2, 0.25) is 11.8 Å². The fraction of sp³-hybridized carbons (Fsp3) is 0.441. The molecule has 2 unspecified atom stereocenters. The van der Waals surface area contributed by atoms with Crippen LogP contribution in [0.3, 0.4) is 0 Å². The van der Waals surface area contributed by atoms with Gasteiger partial charge in [-0.3, -0.25) is 14.4 Å². The Labute approximate surface area is 258 Å². The van der Waals surface area contributed by atoms with Crippen molar-refractivity contribution in [3.8, 4) is 0 Å². The molecular formula is C34H40ClN3O5. The van der Waals surface area contributed by atoms with Crippen LogP contribution in [-0.4, -0.2) is 75.6 Å². The molecule has 0 aliphatic carbocycles. The van der Waals surface area contributed by atoms with Crippen LogP contribution in [-0.2, 0) is 25.7 Å². The number of ether oxygens (including phenoxy) is 1. The van der Waals surface area contributed by atoms with Crippen molar-refractivity contribution in [3.63, 3.8) is 0 Å². The zero-order valence-electron chi connectivity index (χ0n) is 24.8. The summed E-state index contributed by atoms with van der Waals surface area (Å²) in [4.78, 5) is 48.5. The van der Waals surface area contributed by atoms with Crippen molar-refractivity contribution in [1.29, 1.82) is 0 Å². The quantitative estimate of drug-likeness (QED) is 0.357. The minimum Gasteiger partial charge on any atom is -0.394 e. The number of hydrogen-bond donors (Lipinski definition) is 1. The first-order valence-electron chi connectivity index (χ1n) is 14.9. The molecule has 1 N–H and O–H groups in total. The van der Waals surface area contributed by atoms with E-state index in [1.165, 1.54) is 9.80 Å². The highest BCUT2D eigenvalue weighted by molar-refractivity contribution is 6.34. The highest BCUT2D eigenvalue weighted by Gasteiger charge is 2.78. The molecule has 6 atom stereocenters. The van der Waals surface area contributed by atoms with E-state index in [9.17, 15) is 19.5 Å². The Morgan fingerprint density at radius 1 is 1.09 bits per heavy atom. The van der Waals surface area contributed by atoms with E-state index in [2.05, 4.69) is 13.2 Å². The normalized spacial score (nSPS) is 28.0. The first-order valence-corrected chi connectivity index (χ1v) is 15.3. The van der Waals surface area contributed by atoms with Crippen molar-refractivity contribution in [2.45, 2.75) is 62.9 Å². The maximum Gasteiger partial charge on any atom is 0.253 e. The summed E-state index contributed by atoms with van der Waals surface area (Å²) < 4.78 is 6.83. The fourth-order valence-electron chi connectivity index (χ4n) is 7.47. The number of carbonyl (C=O) groups is 3. The molecule has 3 aliphatic heterocycles. The van der Waals surface area contributed by atoms with E-state index in [0.29, 0.717) is 43.1 Å². The molecule has 2 aromatic carbocycles. The van der Waals surface area contributed by atoms with Gasteiger partial charge >= 0.3 is 0 Å². The molecule has 3 heterocycles. The number of benzene rings is 2. The average Bonchev–Trinajstić information content (AvgIpc) is 3.57. The van der Waals surface area contributed by atoms with E-state index < -0.39 is 35.1 Å². The Hall–Kier alpha value is -3.46. The standard InChI is InChI=1S/C34H40ClN3O5/c1-5-19-36(21-23-13-9-8-10-14-23)30(40)27-28-31(41)38(24(7-3)22-39)29(34(28)18-17-33(27,4)43-34)32(42)37(20-6-2)26-16-12-11-15-25(26)35/h5-6,8-16,24,27-29,39H,1-2,7,17-22H2,3-4H3/t24-,27-,28-,29?,33+,34?/m0/s1. The molecule has 5 rings (SSSR count). The second kappa shape index (κ2) is 12.3. The Bertz CT molecular complexity index is 1400. The van der Waals surface area contributed by atoms with Gasteiger partial charge in [-0.1, -0.05) is 73.1 Å². The van der Waals surface area contributed by atoms with Crippen LogP contribution >= 0.6 is 11.6 Å². The molecule has 1 spiro atoms. The molecular weight excluding hydrogens is 566 g/mol. The van der Waals surface area contributed by atoms with Crippen LogP contribution in [0.15, 0.2) is 79.9 Å². The molecule has 0 saturated carbocycles. The summed E-state index contributed by atoms with van der Waals surface area (Å²) >= 11 is 6.56. The third-order valence-electron chi connectivity index (χ3n) is 9.39. The lowest BCUT2D eigenvalue weighted by Gasteiger charge is -2.39. The second-order valence-corrected chi connectivity index (χ2v) is 12.3. The van der Waals surface area contributed by atoms with Gasteiger partial charge in [0.25, 0.3) is 5.91 Å². The zero-order chi connectivity index (χ0) is 30.9. The minimum absolute atomic E-state index is 0.154. The number of hydrogen-bond acceptors (Lipinski definition) is 5. The number of nitrogens with zero attached hydrogens (tertiary/aromatic N) is 3. The molecule has 0 aromatic heterocycles. The third kappa shape index (κ3) is 5.09. The summed E-state index contributed by atoms with van der Waals surface area (Å²) in [6, 6.07) is 15.0. The van der Waals surface area contributed by atoms with E-state index >= 15 is 0 Å². The maximum absolute atomic E-state index is 14.7. The second-order valence-electron chi connectivity index (χ2n) is 11.9.